The molecule has 8 nitrogen and oxygen atoms in total. The van der Waals surface area contributed by atoms with Crippen LogP contribution in [-0.4, -0.2) is 44.7 Å². The number of anilines is 1. The zero-order chi connectivity index (χ0) is 14.9. The van der Waals surface area contributed by atoms with E-state index < -0.39 is 10.5 Å². The van der Waals surface area contributed by atoms with Gasteiger partial charge in [0.15, 0.2) is 0 Å². The van der Waals surface area contributed by atoms with Gasteiger partial charge in [0.1, 0.15) is 11.3 Å². The number of aryl methyl sites for hydroxylation is 2. The van der Waals surface area contributed by atoms with Crippen molar-refractivity contribution in [3.8, 4) is 0 Å². The van der Waals surface area contributed by atoms with Gasteiger partial charge in [-0.05, 0) is 20.8 Å². The van der Waals surface area contributed by atoms with Crippen molar-refractivity contribution >= 4 is 11.5 Å². The maximum Gasteiger partial charge on any atom is 0.333 e. The molecule has 0 amide bonds. The molecule has 0 bridgehead atoms. The molecule has 0 aromatic carbocycles. The van der Waals surface area contributed by atoms with Crippen LogP contribution in [-0.2, 0) is 11.3 Å². The lowest BCUT2D eigenvalue weighted by Crippen LogP contribution is -2.43. The Morgan fingerprint density at radius 2 is 2.40 bits per heavy atom. The number of aliphatic hydroxyl groups is 1. The molecule has 2 heterocycles. The number of aromatic nitrogens is 2. The molecule has 0 radical (unpaired) electrons. The van der Waals surface area contributed by atoms with Crippen LogP contribution >= 0.6 is 0 Å². The molecule has 2 rings (SSSR count). The monoisotopic (exact) mass is 284 g/mol. The molecule has 0 saturated carbocycles. The van der Waals surface area contributed by atoms with Crippen LogP contribution in [0.5, 0.6) is 0 Å². The average molecular weight is 284 g/mol. The summed E-state index contributed by atoms with van der Waals surface area (Å²) in [6.07, 6.45) is 0.210. The standard InChI is InChI=1S/C12H20N4O4/c1-4-15-11(10(16(18)19)8(2)14-15)13-7-12(17)5-6-20-9(12)3/h9,13,17H,4-7H2,1-3H3. The van der Waals surface area contributed by atoms with Gasteiger partial charge in [0, 0.05) is 26.1 Å². The molecule has 2 atom stereocenters. The van der Waals surface area contributed by atoms with Crippen LogP contribution in [0.4, 0.5) is 11.5 Å². The predicted octanol–water partition coefficient (Wildman–Crippen LogP) is 1.07. The van der Waals surface area contributed by atoms with E-state index in [2.05, 4.69) is 10.4 Å². The number of ether oxygens (including phenoxy) is 1. The highest BCUT2D eigenvalue weighted by molar-refractivity contribution is 5.59. The molecule has 1 saturated heterocycles. The molecule has 1 fully saturated rings. The van der Waals surface area contributed by atoms with Gasteiger partial charge in [-0.25, -0.2) is 4.68 Å². The first-order valence-corrected chi connectivity index (χ1v) is 6.68. The fourth-order valence-electron chi connectivity index (χ4n) is 2.43. The van der Waals surface area contributed by atoms with Crippen LogP contribution in [0.2, 0.25) is 0 Å². The molecular weight excluding hydrogens is 264 g/mol. The Hall–Kier alpha value is -1.67. The second kappa shape index (κ2) is 5.37. The number of hydrogen-bond acceptors (Lipinski definition) is 6. The highest BCUT2D eigenvalue weighted by Gasteiger charge is 2.40. The highest BCUT2D eigenvalue weighted by atomic mass is 16.6. The van der Waals surface area contributed by atoms with E-state index in [4.69, 9.17) is 4.74 Å². The Morgan fingerprint density at radius 1 is 1.70 bits per heavy atom. The molecule has 0 spiro atoms. The van der Waals surface area contributed by atoms with Crippen molar-refractivity contribution in [3.05, 3.63) is 15.8 Å². The van der Waals surface area contributed by atoms with Crippen molar-refractivity contribution in [2.24, 2.45) is 0 Å². The van der Waals surface area contributed by atoms with Crippen LogP contribution in [0.3, 0.4) is 0 Å². The first-order chi connectivity index (χ1) is 9.39. The SMILES string of the molecule is CCn1nc(C)c([N+](=O)[O-])c1NCC1(O)CCOC1C. The lowest BCUT2D eigenvalue weighted by Gasteiger charge is -2.26. The van der Waals surface area contributed by atoms with Gasteiger partial charge < -0.3 is 15.2 Å². The zero-order valence-electron chi connectivity index (χ0n) is 11.9. The zero-order valence-corrected chi connectivity index (χ0v) is 11.9. The van der Waals surface area contributed by atoms with Crippen molar-refractivity contribution in [2.45, 2.75) is 45.4 Å². The molecule has 1 aromatic heterocycles. The van der Waals surface area contributed by atoms with Gasteiger partial charge >= 0.3 is 5.69 Å². The molecule has 20 heavy (non-hydrogen) atoms. The largest absolute Gasteiger partial charge is 0.385 e. The molecule has 2 unspecified atom stereocenters. The molecule has 1 aliphatic rings. The molecule has 8 heteroatoms. The Bertz CT molecular complexity index is 516. The van der Waals surface area contributed by atoms with Crippen LogP contribution < -0.4 is 5.32 Å². The summed E-state index contributed by atoms with van der Waals surface area (Å²) in [7, 11) is 0. The van der Waals surface area contributed by atoms with Crippen LogP contribution in [0.1, 0.15) is 26.0 Å². The van der Waals surface area contributed by atoms with Gasteiger partial charge in [0.2, 0.25) is 5.82 Å². The molecule has 2 N–H and O–H groups in total. The summed E-state index contributed by atoms with van der Waals surface area (Å²) in [4.78, 5) is 10.7. The minimum atomic E-state index is -1.01. The summed E-state index contributed by atoms with van der Waals surface area (Å²) in [6, 6.07) is 0. The van der Waals surface area contributed by atoms with E-state index in [1.165, 1.54) is 4.68 Å². The third-order valence-corrected chi connectivity index (χ3v) is 3.80. The molecular formula is C12H20N4O4. The van der Waals surface area contributed by atoms with Gasteiger partial charge in [0.05, 0.1) is 11.0 Å². The number of nitro groups is 1. The van der Waals surface area contributed by atoms with Gasteiger partial charge in [-0.15, -0.1) is 0 Å². The second-order valence-electron chi connectivity index (χ2n) is 5.08. The summed E-state index contributed by atoms with van der Waals surface area (Å²) in [5.41, 5.74) is -0.686. The normalized spacial score (nSPS) is 25.9. The third-order valence-electron chi connectivity index (χ3n) is 3.80. The van der Waals surface area contributed by atoms with Crippen molar-refractivity contribution in [1.82, 2.24) is 9.78 Å². The van der Waals surface area contributed by atoms with Crippen LogP contribution in [0.15, 0.2) is 0 Å². The predicted molar refractivity (Wildman–Crippen MR) is 72.8 cm³/mol. The Morgan fingerprint density at radius 3 is 2.90 bits per heavy atom. The second-order valence-corrected chi connectivity index (χ2v) is 5.08. The molecule has 1 aliphatic heterocycles. The van der Waals surface area contributed by atoms with E-state index in [0.29, 0.717) is 31.1 Å². The fraction of sp³-hybridized carbons (Fsp3) is 0.750. The Labute approximate surface area is 116 Å². The van der Waals surface area contributed by atoms with Crippen molar-refractivity contribution in [1.29, 1.82) is 0 Å². The smallest absolute Gasteiger partial charge is 0.333 e. The van der Waals surface area contributed by atoms with Gasteiger partial charge in [-0.1, -0.05) is 0 Å². The third kappa shape index (κ3) is 2.48. The Kier molecular flexibility index (Phi) is 3.96. The molecule has 0 aliphatic carbocycles. The molecule has 1 aromatic rings. The van der Waals surface area contributed by atoms with E-state index in [1.54, 1.807) is 13.8 Å². The number of nitrogens with zero attached hydrogens (tertiary/aromatic N) is 3. The first-order valence-electron chi connectivity index (χ1n) is 6.68. The number of hydrogen-bond donors (Lipinski definition) is 2. The van der Waals surface area contributed by atoms with E-state index in [1.807, 2.05) is 6.92 Å². The summed E-state index contributed by atoms with van der Waals surface area (Å²) in [6.45, 7) is 6.46. The topological polar surface area (TPSA) is 102 Å². The maximum absolute atomic E-state index is 11.1. The lowest BCUT2D eigenvalue weighted by atomic mass is 9.97. The summed E-state index contributed by atoms with van der Waals surface area (Å²) in [5, 5.41) is 28.7. The van der Waals surface area contributed by atoms with Crippen molar-refractivity contribution in [2.75, 3.05) is 18.5 Å². The lowest BCUT2D eigenvalue weighted by molar-refractivity contribution is -0.384. The van der Waals surface area contributed by atoms with Gasteiger partial charge in [0.25, 0.3) is 0 Å². The number of nitrogens with one attached hydrogen (secondary N) is 1. The maximum atomic E-state index is 11.1. The van der Waals surface area contributed by atoms with Crippen LogP contribution in [0.25, 0.3) is 0 Å². The van der Waals surface area contributed by atoms with Gasteiger partial charge in [-0.3, -0.25) is 10.1 Å². The molecule has 112 valence electrons. The number of rotatable bonds is 5. The van der Waals surface area contributed by atoms with E-state index in [-0.39, 0.29) is 18.3 Å². The summed E-state index contributed by atoms with van der Waals surface area (Å²) < 4.78 is 6.89. The Balaban J connectivity index is 2.22. The average Bonchev–Trinajstić information content (AvgIpc) is 2.88. The van der Waals surface area contributed by atoms with Crippen LogP contribution in [0, 0.1) is 17.0 Å². The van der Waals surface area contributed by atoms with E-state index in [0.717, 1.165) is 0 Å². The minimum Gasteiger partial charge on any atom is -0.385 e. The highest BCUT2D eigenvalue weighted by Crippen LogP contribution is 2.31. The summed E-state index contributed by atoms with van der Waals surface area (Å²) >= 11 is 0. The van der Waals surface area contributed by atoms with Gasteiger partial charge in [-0.2, -0.15) is 5.10 Å². The van der Waals surface area contributed by atoms with Crippen molar-refractivity contribution in [3.63, 3.8) is 0 Å². The van der Waals surface area contributed by atoms with E-state index in [9.17, 15) is 15.2 Å². The van der Waals surface area contributed by atoms with Crippen molar-refractivity contribution < 1.29 is 14.8 Å². The summed E-state index contributed by atoms with van der Waals surface area (Å²) in [5.74, 6) is 0.336. The van der Waals surface area contributed by atoms with E-state index >= 15 is 0 Å². The minimum absolute atomic E-state index is 0.0398. The quantitative estimate of drug-likeness (QED) is 0.619. The fourth-order valence-corrected chi connectivity index (χ4v) is 2.43. The first kappa shape index (κ1) is 14.7.